The van der Waals surface area contributed by atoms with Gasteiger partial charge in [0.25, 0.3) is 0 Å². The molecular weight excluding hydrogens is 174 g/mol. The van der Waals surface area contributed by atoms with Crippen LogP contribution in [0, 0.1) is 5.92 Å². The Morgan fingerprint density at radius 3 is 2.00 bits per heavy atom. The van der Waals surface area contributed by atoms with E-state index in [-0.39, 0.29) is 0 Å². The maximum absolute atomic E-state index is 10.9. The molecule has 3 nitrogen and oxygen atoms in total. The van der Waals surface area contributed by atoms with E-state index in [2.05, 4.69) is 6.92 Å². The first-order chi connectivity index (χ1) is 5.50. The zero-order chi connectivity index (χ0) is 9.78. The summed E-state index contributed by atoms with van der Waals surface area (Å²) in [4.78, 5) is 0. The zero-order valence-electron chi connectivity index (χ0n) is 8.37. The average Bonchev–Trinajstić information content (AvgIpc) is 2.39. The number of nitrogens with zero attached hydrogens (tertiary/aromatic N) is 1. The van der Waals surface area contributed by atoms with Crippen LogP contribution in [0.2, 0.25) is 0 Å². The molecule has 0 radical (unpaired) electrons. The number of hydrogen-bond donors (Lipinski definition) is 0. The van der Waals surface area contributed by atoms with Gasteiger partial charge in [0.1, 0.15) is 0 Å². The second kappa shape index (κ2) is 4.82. The molecule has 1 fully saturated rings. The fraction of sp³-hybridized carbons (Fsp3) is 1.00. The van der Waals surface area contributed by atoms with Crippen molar-refractivity contribution in [1.29, 1.82) is 0 Å². The van der Waals surface area contributed by atoms with Gasteiger partial charge in [0.05, 0.1) is 6.26 Å². The van der Waals surface area contributed by atoms with Crippen molar-refractivity contribution in [2.24, 2.45) is 5.92 Å². The van der Waals surface area contributed by atoms with Crippen molar-refractivity contribution in [1.82, 2.24) is 4.31 Å². The molecule has 1 atom stereocenters. The molecule has 0 aromatic heterocycles. The summed E-state index contributed by atoms with van der Waals surface area (Å²) in [5.41, 5.74) is 0. The van der Waals surface area contributed by atoms with Crippen molar-refractivity contribution in [2.45, 2.75) is 27.2 Å². The Morgan fingerprint density at radius 1 is 1.33 bits per heavy atom. The molecule has 0 aromatic rings. The molecule has 0 N–H and O–H groups in total. The topological polar surface area (TPSA) is 37.4 Å². The Balaban J connectivity index is 0.000000561. The van der Waals surface area contributed by atoms with Gasteiger partial charge in [-0.2, -0.15) is 0 Å². The summed E-state index contributed by atoms with van der Waals surface area (Å²) in [6, 6.07) is 0. The normalized spacial score (nSPS) is 24.8. The number of sulfonamides is 1. The Bertz CT molecular complexity index is 211. The molecule has 12 heavy (non-hydrogen) atoms. The van der Waals surface area contributed by atoms with Crippen LogP contribution in [0.5, 0.6) is 0 Å². The van der Waals surface area contributed by atoms with E-state index in [1.807, 2.05) is 13.8 Å². The maximum atomic E-state index is 10.9. The predicted molar refractivity (Wildman–Crippen MR) is 51.5 cm³/mol. The smallest absolute Gasteiger partial charge is 0.211 e. The molecule has 0 aromatic carbocycles. The standard InChI is InChI=1S/C6H13NO2S.C2H6/c1-6-3-4-7(5-6)10(2,8)9;1-2/h6H,3-5H2,1-2H3;1-2H3/t6-;/m0./s1. The quantitative estimate of drug-likeness (QED) is 0.629. The van der Waals surface area contributed by atoms with Gasteiger partial charge < -0.3 is 0 Å². The molecular formula is C8H19NO2S. The van der Waals surface area contributed by atoms with Gasteiger partial charge in [-0.25, -0.2) is 12.7 Å². The van der Waals surface area contributed by atoms with Gasteiger partial charge in [-0.15, -0.1) is 0 Å². The molecule has 0 unspecified atom stereocenters. The van der Waals surface area contributed by atoms with Crippen LogP contribution < -0.4 is 0 Å². The van der Waals surface area contributed by atoms with Crippen molar-refractivity contribution < 1.29 is 8.42 Å². The summed E-state index contributed by atoms with van der Waals surface area (Å²) in [5.74, 6) is 0.537. The molecule has 4 heteroatoms. The Morgan fingerprint density at radius 2 is 1.83 bits per heavy atom. The summed E-state index contributed by atoms with van der Waals surface area (Å²) in [5, 5.41) is 0. The van der Waals surface area contributed by atoms with Gasteiger partial charge in [0.15, 0.2) is 0 Å². The van der Waals surface area contributed by atoms with Crippen molar-refractivity contribution in [3.8, 4) is 0 Å². The highest BCUT2D eigenvalue weighted by molar-refractivity contribution is 7.88. The third kappa shape index (κ3) is 3.54. The highest BCUT2D eigenvalue weighted by Crippen LogP contribution is 2.17. The lowest BCUT2D eigenvalue weighted by Crippen LogP contribution is -2.27. The molecule has 1 aliphatic rings. The molecule has 0 spiro atoms. The van der Waals surface area contributed by atoms with E-state index in [4.69, 9.17) is 0 Å². The molecule has 1 rings (SSSR count). The van der Waals surface area contributed by atoms with Crippen LogP contribution in [0.4, 0.5) is 0 Å². The molecule has 1 aliphatic heterocycles. The van der Waals surface area contributed by atoms with Crippen molar-refractivity contribution in [2.75, 3.05) is 19.3 Å². The molecule has 74 valence electrons. The lowest BCUT2D eigenvalue weighted by atomic mass is 10.2. The summed E-state index contributed by atoms with van der Waals surface area (Å²) in [6.45, 7) is 7.49. The van der Waals surface area contributed by atoms with Crippen LogP contribution in [-0.4, -0.2) is 32.1 Å². The van der Waals surface area contributed by atoms with E-state index in [0.29, 0.717) is 19.0 Å². The van der Waals surface area contributed by atoms with Crippen LogP contribution in [0.3, 0.4) is 0 Å². The minimum absolute atomic E-state index is 0.537. The fourth-order valence-electron chi connectivity index (χ4n) is 1.20. The summed E-state index contributed by atoms with van der Waals surface area (Å²) >= 11 is 0. The largest absolute Gasteiger partial charge is 0.213 e. The van der Waals surface area contributed by atoms with E-state index in [9.17, 15) is 8.42 Å². The lowest BCUT2D eigenvalue weighted by molar-refractivity contribution is 0.469. The third-order valence-electron chi connectivity index (χ3n) is 1.86. The van der Waals surface area contributed by atoms with Crippen molar-refractivity contribution in [3.63, 3.8) is 0 Å². The van der Waals surface area contributed by atoms with Crippen LogP contribution in [-0.2, 0) is 10.0 Å². The first-order valence-electron chi connectivity index (χ1n) is 4.45. The summed E-state index contributed by atoms with van der Waals surface area (Å²) < 4.78 is 23.3. The second-order valence-corrected chi connectivity index (χ2v) is 5.00. The van der Waals surface area contributed by atoms with Gasteiger partial charge in [0, 0.05) is 13.1 Å². The molecule has 0 aliphatic carbocycles. The van der Waals surface area contributed by atoms with E-state index in [1.54, 1.807) is 0 Å². The monoisotopic (exact) mass is 193 g/mol. The second-order valence-electron chi connectivity index (χ2n) is 3.01. The van der Waals surface area contributed by atoms with Gasteiger partial charge >= 0.3 is 0 Å². The van der Waals surface area contributed by atoms with Crippen LogP contribution in [0.15, 0.2) is 0 Å². The molecule has 0 saturated carbocycles. The summed E-state index contributed by atoms with van der Waals surface area (Å²) in [6.07, 6.45) is 2.28. The van der Waals surface area contributed by atoms with Crippen molar-refractivity contribution >= 4 is 10.0 Å². The van der Waals surface area contributed by atoms with Crippen LogP contribution >= 0.6 is 0 Å². The average molecular weight is 193 g/mol. The van der Waals surface area contributed by atoms with Gasteiger partial charge in [-0.05, 0) is 12.3 Å². The Labute approximate surface area is 75.8 Å². The minimum Gasteiger partial charge on any atom is -0.213 e. The van der Waals surface area contributed by atoms with Crippen LogP contribution in [0.25, 0.3) is 0 Å². The minimum atomic E-state index is -2.90. The van der Waals surface area contributed by atoms with E-state index >= 15 is 0 Å². The Kier molecular flexibility index (Phi) is 4.78. The molecule has 0 bridgehead atoms. The van der Waals surface area contributed by atoms with Crippen LogP contribution in [0.1, 0.15) is 27.2 Å². The maximum Gasteiger partial charge on any atom is 0.211 e. The fourth-order valence-corrected chi connectivity index (χ4v) is 2.16. The van der Waals surface area contributed by atoms with E-state index < -0.39 is 10.0 Å². The van der Waals surface area contributed by atoms with Gasteiger partial charge in [0.2, 0.25) is 10.0 Å². The molecule has 1 saturated heterocycles. The first kappa shape index (κ1) is 11.9. The Hall–Kier alpha value is -0.0900. The van der Waals surface area contributed by atoms with Crippen molar-refractivity contribution in [3.05, 3.63) is 0 Å². The van der Waals surface area contributed by atoms with E-state index in [1.165, 1.54) is 10.6 Å². The van der Waals surface area contributed by atoms with E-state index in [0.717, 1.165) is 6.42 Å². The SMILES string of the molecule is CC.C[C@H]1CCN(S(C)(=O)=O)C1. The highest BCUT2D eigenvalue weighted by Gasteiger charge is 2.25. The highest BCUT2D eigenvalue weighted by atomic mass is 32.2. The predicted octanol–water partition coefficient (Wildman–Crippen LogP) is 1.31. The molecule has 0 amide bonds. The molecule has 1 heterocycles. The number of hydrogen-bond acceptors (Lipinski definition) is 2. The summed E-state index contributed by atoms with van der Waals surface area (Å²) in [7, 11) is -2.90. The number of rotatable bonds is 1. The van der Waals surface area contributed by atoms with Gasteiger partial charge in [-0.1, -0.05) is 20.8 Å². The first-order valence-corrected chi connectivity index (χ1v) is 6.30. The lowest BCUT2D eigenvalue weighted by Gasteiger charge is -2.10. The van der Waals surface area contributed by atoms with Gasteiger partial charge in [-0.3, -0.25) is 0 Å². The zero-order valence-corrected chi connectivity index (χ0v) is 9.19. The third-order valence-corrected chi connectivity index (χ3v) is 3.13.